The molecule has 134 valence electrons. The molecule has 1 amide bonds. The van der Waals surface area contributed by atoms with Crippen molar-refractivity contribution in [1.82, 2.24) is 19.7 Å². The van der Waals surface area contributed by atoms with Crippen LogP contribution in [0.2, 0.25) is 0 Å². The summed E-state index contributed by atoms with van der Waals surface area (Å²) in [7, 11) is 0. The maximum Gasteiger partial charge on any atom is 0.234 e. The maximum absolute atomic E-state index is 12.2. The molecular weight excluding hydrogens is 362 g/mol. The lowest BCUT2D eigenvalue weighted by Crippen LogP contribution is -2.14. The Balaban J connectivity index is 1.57. The number of nitrogens with zero attached hydrogens (tertiary/aromatic N) is 4. The Labute approximate surface area is 159 Å². The molecule has 0 fully saturated rings. The van der Waals surface area contributed by atoms with Gasteiger partial charge in [-0.05, 0) is 36.4 Å². The molecular formula is C19H15N5O2S. The van der Waals surface area contributed by atoms with E-state index in [-0.39, 0.29) is 11.7 Å². The predicted molar refractivity (Wildman–Crippen MR) is 103 cm³/mol. The van der Waals surface area contributed by atoms with Gasteiger partial charge >= 0.3 is 0 Å². The number of carbonyl (C=O) groups excluding carboxylic acids is 1. The lowest BCUT2D eigenvalue weighted by Gasteiger charge is -2.09. The quantitative estimate of drug-likeness (QED) is 0.516. The van der Waals surface area contributed by atoms with E-state index < -0.39 is 0 Å². The average molecular weight is 377 g/mol. The van der Waals surface area contributed by atoms with Crippen LogP contribution in [-0.2, 0) is 4.79 Å². The molecule has 27 heavy (non-hydrogen) atoms. The number of aromatic nitrogens is 4. The fourth-order valence-electron chi connectivity index (χ4n) is 2.50. The molecule has 0 aliphatic carbocycles. The Bertz CT molecular complexity index is 1020. The zero-order valence-corrected chi connectivity index (χ0v) is 15.0. The van der Waals surface area contributed by atoms with Crippen LogP contribution in [0.25, 0.3) is 17.3 Å². The van der Waals surface area contributed by atoms with Crippen molar-refractivity contribution < 1.29 is 9.21 Å². The number of furan rings is 1. The SMILES string of the molecule is O=C(CSc1nnc(-c2ccco2)n1-c1ccccc1)Nc1ccncc1. The molecule has 4 aromatic rings. The van der Waals surface area contributed by atoms with E-state index in [1.807, 2.05) is 41.0 Å². The molecule has 3 heterocycles. The summed E-state index contributed by atoms with van der Waals surface area (Å²) in [5, 5.41) is 11.9. The lowest BCUT2D eigenvalue weighted by molar-refractivity contribution is -0.113. The zero-order chi connectivity index (χ0) is 18.5. The highest BCUT2D eigenvalue weighted by Crippen LogP contribution is 2.28. The van der Waals surface area contributed by atoms with Crippen molar-refractivity contribution >= 4 is 23.4 Å². The number of hydrogen-bond donors (Lipinski definition) is 1. The molecule has 1 N–H and O–H groups in total. The normalized spacial score (nSPS) is 10.7. The van der Waals surface area contributed by atoms with Crippen molar-refractivity contribution in [2.24, 2.45) is 0 Å². The van der Waals surface area contributed by atoms with Crippen LogP contribution in [-0.4, -0.2) is 31.4 Å². The summed E-state index contributed by atoms with van der Waals surface area (Å²) >= 11 is 1.31. The first-order chi connectivity index (χ1) is 13.3. The third-order valence-corrected chi connectivity index (χ3v) is 4.61. The third-order valence-electron chi connectivity index (χ3n) is 3.69. The molecule has 0 radical (unpaired) electrons. The smallest absolute Gasteiger partial charge is 0.234 e. The molecule has 8 heteroatoms. The second kappa shape index (κ2) is 7.88. The summed E-state index contributed by atoms with van der Waals surface area (Å²) < 4.78 is 7.36. The van der Waals surface area contributed by atoms with Crippen molar-refractivity contribution in [3.05, 3.63) is 73.3 Å². The molecule has 0 saturated heterocycles. The van der Waals surface area contributed by atoms with Gasteiger partial charge in [-0.15, -0.1) is 10.2 Å². The zero-order valence-electron chi connectivity index (χ0n) is 14.1. The van der Waals surface area contributed by atoms with Gasteiger partial charge in [0, 0.05) is 23.8 Å². The first-order valence-corrected chi connectivity index (χ1v) is 9.17. The maximum atomic E-state index is 12.2. The van der Waals surface area contributed by atoms with Crippen LogP contribution < -0.4 is 5.32 Å². The van der Waals surface area contributed by atoms with Crippen molar-refractivity contribution in [1.29, 1.82) is 0 Å². The molecule has 0 aliphatic rings. The first-order valence-electron chi connectivity index (χ1n) is 8.18. The minimum atomic E-state index is -0.131. The molecule has 0 saturated carbocycles. The Hall–Kier alpha value is -3.39. The van der Waals surface area contributed by atoms with Crippen molar-refractivity contribution in [2.45, 2.75) is 5.16 Å². The van der Waals surface area contributed by atoms with Crippen LogP contribution in [0, 0.1) is 0 Å². The Morgan fingerprint density at radius 2 is 1.85 bits per heavy atom. The van der Waals surface area contributed by atoms with Crippen molar-refractivity contribution in [3.63, 3.8) is 0 Å². The van der Waals surface area contributed by atoms with Crippen molar-refractivity contribution in [3.8, 4) is 17.3 Å². The number of hydrogen-bond acceptors (Lipinski definition) is 6. The molecule has 0 unspecified atom stereocenters. The summed E-state index contributed by atoms with van der Waals surface area (Å²) in [6.45, 7) is 0. The number of carbonyl (C=O) groups is 1. The van der Waals surface area contributed by atoms with Gasteiger partial charge in [-0.2, -0.15) is 0 Å². The first kappa shape index (κ1) is 17.0. The molecule has 1 aromatic carbocycles. The van der Waals surface area contributed by atoms with Gasteiger partial charge in [-0.3, -0.25) is 14.3 Å². The van der Waals surface area contributed by atoms with Crippen LogP contribution >= 0.6 is 11.8 Å². The monoisotopic (exact) mass is 377 g/mol. The topological polar surface area (TPSA) is 85.8 Å². The van der Waals surface area contributed by atoms with Gasteiger partial charge in [0.05, 0.1) is 12.0 Å². The number of pyridine rings is 1. The van der Waals surface area contributed by atoms with Gasteiger partial charge in [-0.1, -0.05) is 30.0 Å². The molecule has 3 aromatic heterocycles. The lowest BCUT2D eigenvalue weighted by atomic mass is 10.3. The second-order valence-electron chi connectivity index (χ2n) is 5.53. The number of nitrogens with one attached hydrogen (secondary N) is 1. The van der Waals surface area contributed by atoms with Crippen LogP contribution in [0.4, 0.5) is 5.69 Å². The van der Waals surface area contributed by atoms with Crippen LogP contribution in [0.5, 0.6) is 0 Å². The molecule has 0 atom stereocenters. The third kappa shape index (κ3) is 3.90. The van der Waals surface area contributed by atoms with Gasteiger partial charge in [0.15, 0.2) is 10.9 Å². The van der Waals surface area contributed by atoms with Gasteiger partial charge in [0.1, 0.15) is 0 Å². The van der Waals surface area contributed by atoms with Crippen LogP contribution in [0.3, 0.4) is 0 Å². The highest BCUT2D eigenvalue weighted by atomic mass is 32.2. The number of thioether (sulfide) groups is 1. The second-order valence-corrected chi connectivity index (χ2v) is 6.47. The molecule has 4 rings (SSSR count). The fourth-order valence-corrected chi connectivity index (χ4v) is 3.25. The minimum absolute atomic E-state index is 0.131. The summed E-state index contributed by atoms with van der Waals surface area (Å²) in [6, 6.07) is 16.8. The number of anilines is 1. The van der Waals surface area contributed by atoms with E-state index in [1.165, 1.54) is 11.8 Å². The van der Waals surface area contributed by atoms with Gasteiger partial charge < -0.3 is 9.73 Å². The van der Waals surface area contributed by atoms with E-state index in [0.29, 0.717) is 22.4 Å². The molecule has 0 spiro atoms. The summed E-state index contributed by atoms with van der Waals surface area (Å²) in [5.41, 5.74) is 1.60. The van der Waals surface area contributed by atoms with E-state index in [1.54, 1.807) is 36.9 Å². The Morgan fingerprint density at radius 1 is 1.04 bits per heavy atom. The van der Waals surface area contributed by atoms with Crippen LogP contribution in [0.15, 0.2) is 82.8 Å². The van der Waals surface area contributed by atoms with E-state index in [4.69, 9.17) is 4.42 Å². The van der Waals surface area contributed by atoms with Gasteiger partial charge in [-0.25, -0.2) is 0 Å². The number of benzene rings is 1. The van der Waals surface area contributed by atoms with E-state index in [9.17, 15) is 4.79 Å². The van der Waals surface area contributed by atoms with Crippen LogP contribution in [0.1, 0.15) is 0 Å². The molecule has 0 aliphatic heterocycles. The van der Waals surface area contributed by atoms with Gasteiger partial charge in [0.25, 0.3) is 0 Å². The number of rotatable bonds is 6. The van der Waals surface area contributed by atoms with Crippen molar-refractivity contribution in [2.75, 3.05) is 11.1 Å². The summed E-state index contributed by atoms with van der Waals surface area (Å²) in [4.78, 5) is 16.2. The average Bonchev–Trinajstić information content (AvgIpc) is 3.37. The fraction of sp³-hybridized carbons (Fsp3) is 0.0526. The largest absolute Gasteiger partial charge is 0.461 e. The molecule has 0 bridgehead atoms. The highest BCUT2D eigenvalue weighted by Gasteiger charge is 2.18. The summed E-state index contributed by atoms with van der Waals surface area (Å²) in [5.74, 6) is 1.27. The number of amides is 1. The van der Waals surface area contributed by atoms with E-state index in [2.05, 4.69) is 20.5 Å². The predicted octanol–water partition coefficient (Wildman–Crippen LogP) is 3.65. The Kier molecular flexibility index (Phi) is 4.97. The summed E-state index contributed by atoms with van der Waals surface area (Å²) in [6.07, 6.45) is 4.85. The number of para-hydroxylation sites is 1. The van der Waals surface area contributed by atoms with E-state index in [0.717, 1.165) is 5.69 Å². The standard InChI is InChI=1S/C19H15N5O2S/c25-17(21-14-8-10-20-11-9-14)13-27-19-23-22-18(16-7-4-12-26-16)24(19)15-5-2-1-3-6-15/h1-12H,13H2,(H,20,21,25). The van der Waals surface area contributed by atoms with E-state index >= 15 is 0 Å². The molecule has 7 nitrogen and oxygen atoms in total. The van der Waals surface area contributed by atoms with Gasteiger partial charge in [0.2, 0.25) is 11.7 Å². The highest BCUT2D eigenvalue weighted by molar-refractivity contribution is 7.99. The minimum Gasteiger partial charge on any atom is -0.461 e. The Morgan fingerprint density at radius 3 is 2.59 bits per heavy atom.